The smallest absolute Gasteiger partial charge is 0.269 e. The predicted molar refractivity (Wildman–Crippen MR) is 120 cm³/mol. The van der Waals surface area contributed by atoms with E-state index in [1.165, 1.54) is 17.6 Å². The van der Waals surface area contributed by atoms with E-state index in [-0.39, 0.29) is 4.90 Å². The van der Waals surface area contributed by atoms with Gasteiger partial charge in [-0.1, -0.05) is 41.4 Å². The fourth-order valence-electron chi connectivity index (χ4n) is 2.61. The molecule has 0 heterocycles. The number of carbonyl (C=O) groups excluding carboxylic acids is 1. The summed E-state index contributed by atoms with van der Waals surface area (Å²) in [5.41, 5.74) is 5.00. The molecule has 3 rings (SSSR count). The fraction of sp³-hybridized carbons (Fsp3) is 0.0909. The lowest BCUT2D eigenvalue weighted by Crippen LogP contribution is -2.26. The lowest BCUT2D eigenvalue weighted by atomic mass is 10.2. The Morgan fingerprint density at radius 3 is 2.17 bits per heavy atom. The zero-order valence-corrected chi connectivity index (χ0v) is 18.0. The highest BCUT2D eigenvalue weighted by molar-refractivity contribution is 7.92. The van der Waals surface area contributed by atoms with Crippen molar-refractivity contribution in [3.63, 3.8) is 0 Å². The van der Waals surface area contributed by atoms with E-state index in [2.05, 4.69) is 10.5 Å². The number of aryl methyl sites for hydroxylation is 1. The molecule has 0 saturated heterocycles. The summed E-state index contributed by atoms with van der Waals surface area (Å²) in [5.74, 6) is -0.407. The van der Waals surface area contributed by atoms with Crippen LogP contribution in [0, 0.1) is 6.92 Å². The molecule has 30 heavy (non-hydrogen) atoms. The summed E-state index contributed by atoms with van der Waals surface area (Å²) < 4.78 is 26.7. The standard InChI is InChI=1S/C22H20ClN3O3S/c1-16-3-13-21(14-4-16)30(28,29)26(2)20-11-7-18(8-12-20)22(27)25-24-15-17-5-9-19(23)10-6-17/h3-15H,1-2H3,(H,25,27)/b24-15-. The maximum absolute atomic E-state index is 12.8. The summed E-state index contributed by atoms with van der Waals surface area (Å²) in [6.45, 7) is 1.89. The van der Waals surface area contributed by atoms with Crippen LogP contribution in [0.4, 0.5) is 5.69 Å². The molecular weight excluding hydrogens is 422 g/mol. The number of sulfonamides is 1. The SMILES string of the molecule is Cc1ccc(S(=O)(=O)N(C)c2ccc(C(=O)N/N=C\c3ccc(Cl)cc3)cc2)cc1. The molecule has 6 nitrogen and oxygen atoms in total. The van der Waals surface area contributed by atoms with Gasteiger partial charge in [-0.25, -0.2) is 13.8 Å². The van der Waals surface area contributed by atoms with Crippen molar-refractivity contribution in [2.45, 2.75) is 11.8 Å². The van der Waals surface area contributed by atoms with Crippen molar-refractivity contribution in [1.29, 1.82) is 0 Å². The van der Waals surface area contributed by atoms with Crippen LogP contribution in [-0.2, 0) is 10.0 Å². The van der Waals surface area contributed by atoms with Crippen molar-refractivity contribution in [3.05, 3.63) is 94.5 Å². The van der Waals surface area contributed by atoms with Gasteiger partial charge in [-0.15, -0.1) is 0 Å². The molecule has 0 atom stereocenters. The number of hydrazone groups is 1. The van der Waals surface area contributed by atoms with Gasteiger partial charge in [0.05, 0.1) is 16.8 Å². The minimum absolute atomic E-state index is 0.203. The number of carbonyl (C=O) groups is 1. The second kappa shape index (κ2) is 9.11. The highest BCUT2D eigenvalue weighted by atomic mass is 35.5. The average molecular weight is 442 g/mol. The lowest BCUT2D eigenvalue weighted by molar-refractivity contribution is 0.0955. The lowest BCUT2D eigenvalue weighted by Gasteiger charge is -2.19. The molecule has 1 amide bonds. The first-order valence-corrected chi connectivity index (χ1v) is 10.8. The van der Waals surface area contributed by atoms with Gasteiger partial charge in [-0.2, -0.15) is 5.10 Å². The van der Waals surface area contributed by atoms with Crippen molar-refractivity contribution in [2.75, 3.05) is 11.4 Å². The zero-order valence-electron chi connectivity index (χ0n) is 16.4. The van der Waals surface area contributed by atoms with Crippen LogP contribution in [0.1, 0.15) is 21.5 Å². The Morgan fingerprint density at radius 2 is 1.57 bits per heavy atom. The molecule has 154 valence electrons. The van der Waals surface area contributed by atoms with E-state index in [4.69, 9.17) is 11.6 Å². The Labute approximate surface area is 180 Å². The van der Waals surface area contributed by atoms with Crippen molar-refractivity contribution in [1.82, 2.24) is 5.43 Å². The normalized spacial score (nSPS) is 11.4. The van der Waals surface area contributed by atoms with Gasteiger partial charge in [0.25, 0.3) is 15.9 Å². The number of nitrogens with zero attached hydrogens (tertiary/aromatic N) is 2. The quantitative estimate of drug-likeness (QED) is 0.459. The third-order valence-electron chi connectivity index (χ3n) is 4.42. The molecule has 0 radical (unpaired) electrons. The van der Waals surface area contributed by atoms with Gasteiger partial charge >= 0.3 is 0 Å². The van der Waals surface area contributed by atoms with Crippen LogP contribution in [0.5, 0.6) is 0 Å². The molecule has 8 heteroatoms. The van der Waals surface area contributed by atoms with Crippen LogP contribution in [0.15, 0.2) is 82.8 Å². The number of hydrogen-bond acceptors (Lipinski definition) is 4. The summed E-state index contributed by atoms with van der Waals surface area (Å²) in [4.78, 5) is 12.4. The van der Waals surface area contributed by atoms with E-state index in [1.807, 2.05) is 6.92 Å². The van der Waals surface area contributed by atoms with Crippen molar-refractivity contribution < 1.29 is 13.2 Å². The van der Waals surface area contributed by atoms with E-state index in [9.17, 15) is 13.2 Å². The molecule has 1 N–H and O–H groups in total. The van der Waals surface area contributed by atoms with Gasteiger partial charge in [-0.05, 0) is 61.0 Å². The van der Waals surface area contributed by atoms with Gasteiger partial charge in [0.1, 0.15) is 0 Å². The van der Waals surface area contributed by atoms with Crippen LogP contribution in [0.2, 0.25) is 5.02 Å². The fourth-order valence-corrected chi connectivity index (χ4v) is 3.93. The molecule has 3 aromatic rings. The highest BCUT2D eigenvalue weighted by Gasteiger charge is 2.21. The van der Waals surface area contributed by atoms with Gasteiger partial charge in [0.2, 0.25) is 0 Å². The first kappa shape index (κ1) is 21.5. The van der Waals surface area contributed by atoms with E-state index in [0.29, 0.717) is 16.3 Å². The van der Waals surface area contributed by atoms with Crippen LogP contribution < -0.4 is 9.73 Å². The molecule has 0 bridgehead atoms. The Balaban J connectivity index is 1.68. The Morgan fingerprint density at radius 1 is 0.967 bits per heavy atom. The molecular formula is C22H20ClN3O3S. The summed E-state index contributed by atoms with van der Waals surface area (Å²) in [6, 6.07) is 19.9. The van der Waals surface area contributed by atoms with Crippen LogP contribution in [0.3, 0.4) is 0 Å². The zero-order chi connectivity index (χ0) is 21.7. The number of benzene rings is 3. The molecule has 0 aliphatic heterocycles. The summed E-state index contributed by atoms with van der Waals surface area (Å²) >= 11 is 5.82. The minimum Gasteiger partial charge on any atom is -0.269 e. The molecule has 0 aliphatic rings. The van der Waals surface area contributed by atoms with E-state index >= 15 is 0 Å². The molecule has 3 aromatic carbocycles. The van der Waals surface area contributed by atoms with Crippen molar-refractivity contribution in [3.8, 4) is 0 Å². The Hall–Kier alpha value is -3.16. The third-order valence-corrected chi connectivity index (χ3v) is 6.47. The maximum atomic E-state index is 12.8. The van der Waals surface area contributed by atoms with Crippen molar-refractivity contribution in [2.24, 2.45) is 5.10 Å². The molecule has 0 spiro atoms. The Kier molecular flexibility index (Phi) is 6.54. The largest absolute Gasteiger partial charge is 0.271 e. The average Bonchev–Trinajstić information content (AvgIpc) is 2.75. The second-order valence-corrected chi connectivity index (χ2v) is 8.99. The monoisotopic (exact) mass is 441 g/mol. The molecule has 0 unspecified atom stereocenters. The van der Waals surface area contributed by atoms with Gasteiger partial charge < -0.3 is 0 Å². The number of halogens is 1. The molecule has 0 aromatic heterocycles. The third kappa shape index (κ3) is 5.06. The van der Waals surface area contributed by atoms with Gasteiger partial charge in [0, 0.05) is 17.6 Å². The number of hydrogen-bond donors (Lipinski definition) is 1. The first-order valence-electron chi connectivity index (χ1n) is 9.02. The second-order valence-electron chi connectivity index (χ2n) is 6.58. The molecule has 0 saturated carbocycles. The summed E-state index contributed by atoms with van der Waals surface area (Å²) in [6.07, 6.45) is 1.50. The number of rotatable bonds is 6. The van der Waals surface area contributed by atoms with E-state index in [1.54, 1.807) is 72.8 Å². The Bertz CT molecular complexity index is 1160. The van der Waals surface area contributed by atoms with E-state index < -0.39 is 15.9 Å². The summed E-state index contributed by atoms with van der Waals surface area (Å²) in [5, 5.41) is 4.53. The molecule has 0 aliphatic carbocycles. The number of anilines is 1. The van der Waals surface area contributed by atoms with Gasteiger partial charge in [-0.3, -0.25) is 9.10 Å². The van der Waals surface area contributed by atoms with Crippen LogP contribution in [-0.4, -0.2) is 27.6 Å². The topological polar surface area (TPSA) is 78.8 Å². The number of nitrogens with one attached hydrogen (secondary N) is 1. The predicted octanol–water partition coefficient (Wildman–Crippen LogP) is 4.24. The summed E-state index contributed by atoms with van der Waals surface area (Å²) in [7, 11) is -2.22. The van der Waals surface area contributed by atoms with Crippen LogP contribution >= 0.6 is 11.6 Å². The molecule has 0 fully saturated rings. The number of amides is 1. The highest BCUT2D eigenvalue weighted by Crippen LogP contribution is 2.22. The maximum Gasteiger partial charge on any atom is 0.271 e. The minimum atomic E-state index is -3.69. The van der Waals surface area contributed by atoms with Gasteiger partial charge in [0.15, 0.2) is 0 Å². The first-order chi connectivity index (χ1) is 14.3. The van der Waals surface area contributed by atoms with Crippen LogP contribution in [0.25, 0.3) is 0 Å². The van der Waals surface area contributed by atoms with Crippen molar-refractivity contribution >= 4 is 39.4 Å². The van der Waals surface area contributed by atoms with E-state index in [0.717, 1.165) is 11.1 Å².